The van der Waals surface area contributed by atoms with Crippen molar-refractivity contribution < 1.29 is 12.8 Å². The lowest BCUT2D eigenvalue weighted by atomic mass is 10.1. The van der Waals surface area contributed by atoms with E-state index >= 15 is 0 Å². The van der Waals surface area contributed by atoms with Crippen LogP contribution in [-0.2, 0) is 10.0 Å². The van der Waals surface area contributed by atoms with E-state index in [9.17, 15) is 8.42 Å². The number of hydrogen-bond acceptors (Lipinski definition) is 3. The Labute approximate surface area is 147 Å². The Hall–Kier alpha value is -2.92. The number of furan rings is 1. The summed E-state index contributed by atoms with van der Waals surface area (Å²) in [5.74, 6) is 0.622. The molecule has 0 atom stereocenters. The largest absolute Gasteiger partial charge is 0.465 e. The van der Waals surface area contributed by atoms with Crippen LogP contribution < -0.4 is 0 Å². The van der Waals surface area contributed by atoms with E-state index in [0.717, 1.165) is 5.56 Å². The molecule has 0 saturated carbocycles. The topological polar surface area (TPSA) is 59.6 Å². The lowest BCUT2D eigenvalue weighted by Crippen LogP contribution is -2.04. The smallest absolute Gasteiger partial charge is 0.282 e. The maximum Gasteiger partial charge on any atom is 0.282 e. The number of sulfonamides is 1. The van der Waals surface area contributed by atoms with E-state index in [1.54, 1.807) is 54.8 Å². The lowest BCUT2D eigenvalue weighted by Gasteiger charge is -2.04. The van der Waals surface area contributed by atoms with Gasteiger partial charge in [-0.05, 0) is 43.3 Å². The molecule has 3 rings (SSSR count). The predicted octanol–water partition coefficient (Wildman–Crippen LogP) is 4.48. The van der Waals surface area contributed by atoms with Crippen molar-refractivity contribution in [2.75, 3.05) is 0 Å². The molecule has 3 aromatic rings. The van der Waals surface area contributed by atoms with Crippen molar-refractivity contribution in [3.63, 3.8) is 0 Å². The third kappa shape index (κ3) is 4.33. The van der Waals surface area contributed by atoms with Gasteiger partial charge >= 0.3 is 0 Å². The predicted molar refractivity (Wildman–Crippen MR) is 99.1 cm³/mol. The molecule has 1 aromatic heterocycles. The Balaban J connectivity index is 2.04. The third-order valence-electron chi connectivity index (χ3n) is 3.56. The highest BCUT2D eigenvalue weighted by Gasteiger charge is 2.14. The molecule has 0 amide bonds. The number of rotatable bonds is 5. The van der Waals surface area contributed by atoms with Crippen molar-refractivity contribution in [1.29, 1.82) is 0 Å². The maximum absolute atomic E-state index is 12.6. The van der Waals surface area contributed by atoms with Crippen LogP contribution in [0.1, 0.15) is 16.9 Å². The molecule has 5 heteroatoms. The zero-order valence-corrected chi connectivity index (χ0v) is 14.5. The zero-order chi connectivity index (χ0) is 17.7. The fraction of sp³-hybridized carbons (Fsp3) is 0.0500. The van der Waals surface area contributed by atoms with E-state index in [1.165, 1.54) is 0 Å². The minimum absolute atomic E-state index is 0.165. The van der Waals surface area contributed by atoms with E-state index in [1.807, 2.05) is 37.3 Å². The first-order valence-electron chi connectivity index (χ1n) is 7.73. The summed E-state index contributed by atoms with van der Waals surface area (Å²) in [7, 11) is -3.81. The van der Waals surface area contributed by atoms with Gasteiger partial charge in [0.05, 0.1) is 16.9 Å². The summed E-state index contributed by atoms with van der Waals surface area (Å²) in [6.07, 6.45) is 4.89. The van der Waals surface area contributed by atoms with Crippen molar-refractivity contribution >= 4 is 21.8 Å². The molecular weight excluding hydrogens is 334 g/mol. The molecule has 0 N–H and O–H groups in total. The van der Waals surface area contributed by atoms with Crippen LogP contribution >= 0.6 is 0 Å². The molecule has 25 heavy (non-hydrogen) atoms. The normalized spacial score (nSPS) is 12.6. The van der Waals surface area contributed by atoms with E-state index in [2.05, 4.69) is 4.40 Å². The van der Waals surface area contributed by atoms with Crippen LogP contribution in [0.2, 0.25) is 0 Å². The average Bonchev–Trinajstić information content (AvgIpc) is 3.13. The van der Waals surface area contributed by atoms with E-state index in [-0.39, 0.29) is 4.90 Å². The van der Waals surface area contributed by atoms with Crippen LogP contribution in [0.25, 0.3) is 6.08 Å². The van der Waals surface area contributed by atoms with Gasteiger partial charge in [0.15, 0.2) is 0 Å². The number of nitrogens with zero attached hydrogens (tertiary/aromatic N) is 1. The Morgan fingerprint density at radius 3 is 2.32 bits per heavy atom. The molecule has 0 bridgehead atoms. The van der Waals surface area contributed by atoms with E-state index < -0.39 is 10.0 Å². The Morgan fingerprint density at radius 1 is 0.960 bits per heavy atom. The SMILES string of the molecule is Cc1ccc(S(=O)(=O)/N=C(/C=C/c2ccco2)c2ccccc2)cc1. The third-order valence-corrected chi connectivity index (χ3v) is 4.86. The summed E-state index contributed by atoms with van der Waals surface area (Å²) >= 11 is 0. The second kappa shape index (κ2) is 7.32. The summed E-state index contributed by atoms with van der Waals surface area (Å²) in [5, 5.41) is 0. The van der Waals surface area contributed by atoms with Gasteiger partial charge in [-0.3, -0.25) is 0 Å². The summed E-state index contributed by atoms with van der Waals surface area (Å²) in [6, 6.07) is 19.4. The first kappa shape index (κ1) is 16.9. The minimum Gasteiger partial charge on any atom is -0.465 e. The van der Waals surface area contributed by atoms with Crippen molar-refractivity contribution in [2.24, 2.45) is 4.40 Å². The molecule has 126 valence electrons. The van der Waals surface area contributed by atoms with Gasteiger partial charge in [0, 0.05) is 5.56 Å². The molecule has 1 heterocycles. The van der Waals surface area contributed by atoms with Crippen molar-refractivity contribution in [3.8, 4) is 0 Å². The van der Waals surface area contributed by atoms with E-state index in [4.69, 9.17) is 4.42 Å². The Kier molecular flexibility index (Phi) is 4.95. The number of benzene rings is 2. The molecular formula is C20H17NO3S. The summed E-state index contributed by atoms with van der Waals surface area (Å²) in [6.45, 7) is 1.90. The second-order valence-corrected chi connectivity index (χ2v) is 7.08. The summed E-state index contributed by atoms with van der Waals surface area (Å²) < 4.78 is 34.6. The molecule has 0 aliphatic heterocycles. The molecule has 0 aliphatic rings. The monoisotopic (exact) mass is 351 g/mol. The van der Waals surface area contributed by atoms with Gasteiger partial charge in [0.1, 0.15) is 5.76 Å². The molecule has 2 aromatic carbocycles. The fourth-order valence-corrected chi connectivity index (χ4v) is 3.24. The molecule has 0 saturated heterocycles. The van der Waals surface area contributed by atoms with Crippen molar-refractivity contribution in [1.82, 2.24) is 0 Å². The second-order valence-electron chi connectivity index (χ2n) is 5.48. The molecule has 0 radical (unpaired) electrons. The molecule has 0 unspecified atom stereocenters. The highest BCUT2D eigenvalue weighted by atomic mass is 32.2. The fourth-order valence-electron chi connectivity index (χ4n) is 2.23. The minimum atomic E-state index is -3.81. The van der Waals surface area contributed by atoms with Crippen LogP contribution in [0, 0.1) is 6.92 Å². The standard InChI is InChI=1S/C20H17NO3S/c1-16-9-12-19(13-10-16)25(22,23)21-20(17-6-3-2-4-7-17)14-11-18-8-5-15-24-18/h2-15H,1H3/b14-11+,21-20-. The van der Waals surface area contributed by atoms with Gasteiger partial charge in [-0.25, -0.2) is 0 Å². The van der Waals surface area contributed by atoms with Gasteiger partial charge in [-0.2, -0.15) is 12.8 Å². The zero-order valence-electron chi connectivity index (χ0n) is 13.7. The van der Waals surface area contributed by atoms with Crippen molar-refractivity contribution in [3.05, 3.63) is 96.0 Å². The first-order valence-corrected chi connectivity index (χ1v) is 9.17. The van der Waals surface area contributed by atoms with Gasteiger partial charge in [0.2, 0.25) is 0 Å². The lowest BCUT2D eigenvalue weighted by molar-refractivity contribution is 0.557. The van der Waals surface area contributed by atoms with E-state index in [0.29, 0.717) is 17.0 Å². The quantitative estimate of drug-likeness (QED) is 0.637. The van der Waals surface area contributed by atoms with Gasteiger partial charge in [-0.15, -0.1) is 0 Å². The highest BCUT2D eigenvalue weighted by Crippen LogP contribution is 2.16. The Bertz CT molecular complexity index is 985. The Morgan fingerprint density at radius 2 is 1.68 bits per heavy atom. The molecule has 0 fully saturated rings. The number of allylic oxidation sites excluding steroid dienone is 1. The number of aryl methyl sites for hydroxylation is 1. The first-order chi connectivity index (χ1) is 12.0. The molecule has 4 nitrogen and oxygen atoms in total. The van der Waals surface area contributed by atoms with Gasteiger partial charge in [-0.1, -0.05) is 48.0 Å². The van der Waals surface area contributed by atoms with Crippen LogP contribution in [0.15, 0.2) is 92.8 Å². The highest BCUT2D eigenvalue weighted by molar-refractivity contribution is 7.90. The summed E-state index contributed by atoms with van der Waals surface area (Å²) in [5.41, 5.74) is 2.04. The molecule has 0 aliphatic carbocycles. The maximum atomic E-state index is 12.6. The van der Waals surface area contributed by atoms with Crippen LogP contribution in [0.3, 0.4) is 0 Å². The van der Waals surface area contributed by atoms with Crippen LogP contribution in [-0.4, -0.2) is 14.1 Å². The summed E-state index contributed by atoms with van der Waals surface area (Å²) in [4.78, 5) is 0.165. The average molecular weight is 351 g/mol. The van der Waals surface area contributed by atoms with Gasteiger partial charge in [0.25, 0.3) is 10.0 Å². The van der Waals surface area contributed by atoms with Crippen LogP contribution in [0.5, 0.6) is 0 Å². The molecule has 0 spiro atoms. The van der Waals surface area contributed by atoms with Crippen LogP contribution in [0.4, 0.5) is 0 Å². The van der Waals surface area contributed by atoms with Gasteiger partial charge < -0.3 is 4.42 Å². The number of hydrogen-bond donors (Lipinski definition) is 0. The van der Waals surface area contributed by atoms with Crippen molar-refractivity contribution in [2.45, 2.75) is 11.8 Å².